The quantitative estimate of drug-likeness (QED) is 0.915. The molecule has 2 aromatic rings. The van der Waals surface area contributed by atoms with Gasteiger partial charge in [-0.05, 0) is 36.2 Å². The fraction of sp³-hybridized carbons (Fsp3) is 0.235. The zero-order valence-electron chi connectivity index (χ0n) is 12.6. The second-order valence-corrected chi connectivity index (χ2v) is 4.90. The van der Waals surface area contributed by atoms with Crippen molar-refractivity contribution in [2.24, 2.45) is 0 Å². The van der Waals surface area contributed by atoms with E-state index in [0.29, 0.717) is 28.2 Å². The van der Waals surface area contributed by atoms with Gasteiger partial charge in [0.2, 0.25) is 0 Å². The van der Waals surface area contributed by atoms with Gasteiger partial charge in [-0.2, -0.15) is 0 Å². The minimum atomic E-state index is -0.991. The molecule has 22 heavy (non-hydrogen) atoms. The van der Waals surface area contributed by atoms with Crippen LogP contribution in [-0.4, -0.2) is 25.3 Å². The molecule has 1 N–H and O–H groups in total. The minimum absolute atomic E-state index is 0.360. The lowest BCUT2D eigenvalue weighted by Gasteiger charge is -2.12. The van der Waals surface area contributed by atoms with Crippen LogP contribution < -0.4 is 9.47 Å². The molecule has 2 rings (SSSR count). The summed E-state index contributed by atoms with van der Waals surface area (Å²) in [6.45, 7) is 1.52. The number of hydrogen-bond acceptors (Lipinski definition) is 3. The molecule has 0 aliphatic heterocycles. The maximum absolute atomic E-state index is 14.4. The molecule has 5 heteroatoms. The predicted molar refractivity (Wildman–Crippen MR) is 81.0 cm³/mol. The number of halogens is 1. The normalized spacial score (nSPS) is 11.8. The van der Waals surface area contributed by atoms with Gasteiger partial charge in [-0.3, -0.25) is 4.79 Å². The van der Waals surface area contributed by atoms with Crippen LogP contribution in [0, 0.1) is 5.82 Å². The summed E-state index contributed by atoms with van der Waals surface area (Å²) in [5, 5.41) is 8.99. The molecule has 0 aliphatic rings. The van der Waals surface area contributed by atoms with Crippen LogP contribution in [0.4, 0.5) is 4.39 Å². The van der Waals surface area contributed by atoms with Gasteiger partial charge in [0.25, 0.3) is 0 Å². The van der Waals surface area contributed by atoms with E-state index in [1.807, 2.05) is 0 Å². The van der Waals surface area contributed by atoms with Crippen molar-refractivity contribution >= 4 is 5.97 Å². The summed E-state index contributed by atoms with van der Waals surface area (Å²) in [5.74, 6) is -1.13. The first-order valence-corrected chi connectivity index (χ1v) is 6.72. The Morgan fingerprint density at radius 1 is 1.09 bits per heavy atom. The van der Waals surface area contributed by atoms with E-state index in [1.54, 1.807) is 30.3 Å². The Labute approximate surface area is 128 Å². The van der Waals surface area contributed by atoms with Gasteiger partial charge in [-0.15, -0.1) is 0 Å². The number of rotatable bonds is 5. The van der Waals surface area contributed by atoms with Gasteiger partial charge in [0.05, 0.1) is 20.1 Å². The van der Waals surface area contributed by atoms with Gasteiger partial charge >= 0.3 is 5.97 Å². The van der Waals surface area contributed by atoms with Crippen LogP contribution in [0.5, 0.6) is 11.5 Å². The maximum atomic E-state index is 14.4. The SMILES string of the molecule is COc1cc(OC)cc(-c2ccc(C(C)C(=O)O)cc2F)c1. The number of methoxy groups -OCH3 is 2. The van der Waals surface area contributed by atoms with Crippen LogP contribution in [-0.2, 0) is 4.79 Å². The molecule has 0 bridgehead atoms. The summed E-state index contributed by atoms with van der Waals surface area (Å²) in [6.07, 6.45) is 0. The molecule has 0 radical (unpaired) electrons. The largest absolute Gasteiger partial charge is 0.497 e. The van der Waals surface area contributed by atoms with E-state index in [9.17, 15) is 9.18 Å². The predicted octanol–water partition coefficient (Wildman–Crippen LogP) is 3.70. The molecule has 1 unspecified atom stereocenters. The third-order valence-corrected chi connectivity index (χ3v) is 3.53. The third-order valence-electron chi connectivity index (χ3n) is 3.53. The summed E-state index contributed by atoms with van der Waals surface area (Å²) in [5.41, 5.74) is 1.38. The Hall–Kier alpha value is -2.56. The minimum Gasteiger partial charge on any atom is -0.497 e. The monoisotopic (exact) mass is 304 g/mol. The van der Waals surface area contributed by atoms with Crippen LogP contribution in [0.15, 0.2) is 36.4 Å². The number of benzene rings is 2. The lowest BCUT2D eigenvalue weighted by Crippen LogP contribution is -2.07. The average molecular weight is 304 g/mol. The zero-order valence-corrected chi connectivity index (χ0v) is 12.6. The number of carboxylic acid groups (broad SMARTS) is 1. The van der Waals surface area contributed by atoms with E-state index in [-0.39, 0.29) is 0 Å². The Kier molecular flexibility index (Phi) is 4.65. The molecule has 0 aliphatic carbocycles. The second-order valence-electron chi connectivity index (χ2n) is 4.90. The number of aliphatic carboxylic acids is 1. The summed E-state index contributed by atoms with van der Waals surface area (Å²) >= 11 is 0. The highest BCUT2D eigenvalue weighted by Gasteiger charge is 2.16. The zero-order chi connectivity index (χ0) is 16.3. The fourth-order valence-electron chi connectivity index (χ4n) is 2.14. The Morgan fingerprint density at radius 2 is 1.68 bits per heavy atom. The van der Waals surface area contributed by atoms with E-state index >= 15 is 0 Å². The smallest absolute Gasteiger partial charge is 0.310 e. The van der Waals surface area contributed by atoms with Crippen molar-refractivity contribution < 1.29 is 23.8 Å². The molecule has 4 nitrogen and oxygen atoms in total. The number of carboxylic acids is 1. The fourth-order valence-corrected chi connectivity index (χ4v) is 2.14. The Bertz CT molecular complexity index is 675. The molecular weight excluding hydrogens is 287 g/mol. The standard InChI is InChI=1S/C17H17FO4/c1-10(17(19)20)11-4-5-15(16(18)8-11)12-6-13(21-2)9-14(7-12)22-3/h4-10H,1-3H3,(H,19,20). The van der Waals surface area contributed by atoms with E-state index in [2.05, 4.69) is 0 Å². The molecule has 0 heterocycles. The molecular formula is C17H17FO4. The first-order chi connectivity index (χ1) is 10.5. The highest BCUT2D eigenvalue weighted by atomic mass is 19.1. The maximum Gasteiger partial charge on any atom is 0.310 e. The molecule has 0 saturated heterocycles. The van der Waals surface area contributed by atoms with Crippen molar-refractivity contribution in [3.63, 3.8) is 0 Å². The Morgan fingerprint density at radius 3 is 2.14 bits per heavy atom. The first-order valence-electron chi connectivity index (χ1n) is 6.72. The lowest BCUT2D eigenvalue weighted by molar-refractivity contribution is -0.138. The molecule has 0 fully saturated rings. The van der Waals surface area contributed by atoms with Crippen molar-refractivity contribution in [2.75, 3.05) is 14.2 Å². The molecule has 2 aromatic carbocycles. The molecule has 0 saturated carbocycles. The van der Waals surface area contributed by atoms with Crippen molar-refractivity contribution in [3.05, 3.63) is 47.8 Å². The molecule has 0 aromatic heterocycles. The molecule has 1 atom stereocenters. The highest BCUT2D eigenvalue weighted by Crippen LogP contribution is 2.32. The van der Waals surface area contributed by atoms with Gasteiger partial charge < -0.3 is 14.6 Å². The summed E-state index contributed by atoms with van der Waals surface area (Å²) in [6, 6.07) is 9.52. The van der Waals surface area contributed by atoms with Crippen molar-refractivity contribution in [2.45, 2.75) is 12.8 Å². The van der Waals surface area contributed by atoms with Crippen LogP contribution in [0.25, 0.3) is 11.1 Å². The summed E-state index contributed by atoms with van der Waals surface area (Å²) in [7, 11) is 3.04. The topological polar surface area (TPSA) is 55.8 Å². The van der Waals surface area contributed by atoms with E-state index in [4.69, 9.17) is 14.6 Å². The lowest BCUT2D eigenvalue weighted by atomic mass is 9.97. The highest BCUT2D eigenvalue weighted by molar-refractivity contribution is 5.76. The van der Waals surface area contributed by atoms with Gasteiger partial charge in [-0.25, -0.2) is 4.39 Å². The number of hydrogen-bond donors (Lipinski definition) is 1. The van der Waals surface area contributed by atoms with Crippen LogP contribution in [0.2, 0.25) is 0 Å². The van der Waals surface area contributed by atoms with Gasteiger partial charge in [0.15, 0.2) is 0 Å². The number of ether oxygens (including phenoxy) is 2. The second kappa shape index (κ2) is 6.47. The number of carbonyl (C=O) groups is 1. The average Bonchev–Trinajstić information content (AvgIpc) is 2.53. The van der Waals surface area contributed by atoms with E-state index < -0.39 is 17.7 Å². The van der Waals surface area contributed by atoms with Gasteiger partial charge in [0.1, 0.15) is 17.3 Å². The van der Waals surface area contributed by atoms with E-state index in [1.165, 1.54) is 27.2 Å². The molecule has 116 valence electrons. The van der Waals surface area contributed by atoms with Crippen LogP contribution >= 0.6 is 0 Å². The van der Waals surface area contributed by atoms with Crippen molar-refractivity contribution in [1.29, 1.82) is 0 Å². The Balaban J connectivity index is 2.47. The van der Waals surface area contributed by atoms with Crippen molar-refractivity contribution in [3.8, 4) is 22.6 Å². The third kappa shape index (κ3) is 3.19. The van der Waals surface area contributed by atoms with E-state index in [0.717, 1.165) is 0 Å². The van der Waals surface area contributed by atoms with Crippen LogP contribution in [0.1, 0.15) is 18.4 Å². The van der Waals surface area contributed by atoms with Gasteiger partial charge in [0, 0.05) is 11.6 Å². The van der Waals surface area contributed by atoms with Crippen molar-refractivity contribution in [1.82, 2.24) is 0 Å². The van der Waals surface area contributed by atoms with Crippen LogP contribution in [0.3, 0.4) is 0 Å². The van der Waals surface area contributed by atoms with Gasteiger partial charge in [-0.1, -0.05) is 12.1 Å². The summed E-state index contributed by atoms with van der Waals surface area (Å²) in [4.78, 5) is 11.0. The first kappa shape index (κ1) is 15.8. The molecule has 0 spiro atoms. The summed E-state index contributed by atoms with van der Waals surface area (Å²) < 4.78 is 24.7. The molecule has 0 amide bonds.